The lowest BCUT2D eigenvalue weighted by molar-refractivity contribution is 0.250. The van der Waals surface area contributed by atoms with Crippen LogP contribution in [0.25, 0.3) is 0 Å². The lowest BCUT2D eigenvalue weighted by Gasteiger charge is -2.27. The zero-order chi connectivity index (χ0) is 11.4. The third kappa shape index (κ3) is 2.75. The predicted octanol–water partition coefficient (Wildman–Crippen LogP) is 1.22. The Kier molecular flexibility index (Phi) is 4.21. The average Bonchev–Trinajstić information content (AvgIpc) is 2.78. The summed E-state index contributed by atoms with van der Waals surface area (Å²) in [5, 5.41) is 4.16. The molecule has 16 heavy (non-hydrogen) atoms. The number of hydrogen-bond acceptors (Lipinski definition) is 4. The van der Waals surface area contributed by atoms with E-state index in [9.17, 15) is 0 Å². The van der Waals surface area contributed by atoms with E-state index in [0.29, 0.717) is 11.3 Å². The number of aromatic nitrogens is 1. The fourth-order valence-electron chi connectivity index (χ4n) is 2.19. The van der Waals surface area contributed by atoms with E-state index in [2.05, 4.69) is 40.6 Å². The molecule has 1 saturated heterocycles. The summed E-state index contributed by atoms with van der Waals surface area (Å²) in [6.45, 7) is 3.15. The van der Waals surface area contributed by atoms with Gasteiger partial charge >= 0.3 is 0 Å². The summed E-state index contributed by atoms with van der Waals surface area (Å²) in [4.78, 5) is 6.78. The molecule has 0 spiro atoms. The third-order valence-electron chi connectivity index (χ3n) is 3.13. The van der Waals surface area contributed by atoms with Gasteiger partial charge in [0.2, 0.25) is 0 Å². The topological polar surface area (TPSA) is 28.2 Å². The first-order valence-electron chi connectivity index (χ1n) is 5.65. The van der Waals surface area contributed by atoms with Crippen LogP contribution in [0, 0.1) is 0 Å². The second-order valence-corrected chi connectivity index (χ2v) is 5.31. The number of rotatable bonds is 4. The molecule has 88 valence electrons. The molecular formula is C12H19N3S. The van der Waals surface area contributed by atoms with Gasteiger partial charge < -0.3 is 5.32 Å². The van der Waals surface area contributed by atoms with Crippen molar-refractivity contribution in [2.45, 2.75) is 17.8 Å². The van der Waals surface area contributed by atoms with Gasteiger partial charge in [-0.3, -0.25) is 9.88 Å². The molecule has 0 amide bonds. The Morgan fingerprint density at radius 3 is 3.06 bits per heavy atom. The molecular weight excluding hydrogens is 218 g/mol. The molecule has 1 fully saturated rings. The van der Waals surface area contributed by atoms with Gasteiger partial charge in [-0.25, -0.2) is 0 Å². The Bertz CT molecular complexity index is 317. The number of thioether (sulfide) groups is 1. The number of pyridine rings is 1. The van der Waals surface area contributed by atoms with Crippen LogP contribution in [0.2, 0.25) is 0 Å². The van der Waals surface area contributed by atoms with Crippen LogP contribution in [-0.2, 0) is 6.54 Å². The molecule has 2 heterocycles. The van der Waals surface area contributed by atoms with Crippen LogP contribution >= 0.6 is 11.8 Å². The van der Waals surface area contributed by atoms with Gasteiger partial charge in [-0.15, -0.1) is 0 Å². The summed E-state index contributed by atoms with van der Waals surface area (Å²) in [5.41, 5.74) is 1.15. The number of nitrogens with one attached hydrogen (secondary N) is 1. The largest absolute Gasteiger partial charge is 0.314 e. The molecule has 0 aromatic carbocycles. The number of likely N-dealkylation sites (N-methyl/N-ethyl adjacent to an activating group) is 1. The van der Waals surface area contributed by atoms with E-state index >= 15 is 0 Å². The van der Waals surface area contributed by atoms with Crippen molar-refractivity contribution >= 4 is 11.8 Å². The average molecular weight is 237 g/mol. The van der Waals surface area contributed by atoms with Gasteiger partial charge in [0.15, 0.2) is 0 Å². The Hall–Kier alpha value is -0.580. The van der Waals surface area contributed by atoms with E-state index in [1.165, 1.54) is 0 Å². The van der Waals surface area contributed by atoms with E-state index < -0.39 is 0 Å². The van der Waals surface area contributed by atoms with Crippen molar-refractivity contribution in [3.63, 3.8) is 0 Å². The van der Waals surface area contributed by atoms with Gasteiger partial charge in [0.1, 0.15) is 0 Å². The zero-order valence-electron chi connectivity index (χ0n) is 9.89. The molecule has 1 aliphatic heterocycles. The summed E-state index contributed by atoms with van der Waals surface area (Å²) >= 11 is 1.95. The maximum Gasteiger partial charge on any atom is 0.0543 e. The molecule has 3 nitrogen and oxygen atoms in total. The van der Waals surface area contributed by atoms with Crippen molar-refractivity contribution in [2.75, 3.05) is 26.4 Å². The summed E-state index contributed by atoms with van der Waals surface area (Å²) < 4.78 is 0. The van der Waals surface area contributed by atoms with Crippen LogP contribution in [0.4, 0.5) is 0 Å². The van der Waals surface area contributed by atoms with Gasteiger partial charge in [-0.2, -0.15) is 11.8 Å². The second kappa shape index (κ2) is 5.66. The van der Waals surface area contributed by atoms with Crippen LogP contribution in [-0.4, -0.2) is 47.6 Å². The molecule has 1 N–H and O–H groups in total. The molecule has 2 atom stereocenters. The fraction of sp³-hybridized carbons (Fsp3) is 0.583. The summed E-state index contributed by atoms with van der Waals surface area (Å²) in [5.74, 6) is 0. The monoisotopic (exact) mass is 237 g/mol. The summed E-state index contributed by atoms with van der Waals surface area (Å²) in [6, 6.07) is 6.73. The maximum absolute atomic E-state index is 4.37. The Balaban J connectivity index is 1.95. The van der Waals surface area contributed by atoms with E-state index in [4.69, 9.17) is 0 Å². The molecule has 0 bridgehead atoms. The molecule has 0 radical (unpaired) electrons. The minimum Gasteiger partial charge on any atom is -0.314 e. The highest BCUT2D eigenvalue weighted by molar-refractivity contribution is 7.99. The minimum absolute atomic E-state index is 0.622. The van der Waals surface area contributed by atoms with Crippen molar-refractivity contribution in [1.29, 1.82) is 0 Å². The first-order chi connectivity index (χ1) is 7.81. The smallest absolute Gasteiger partial charge is 0.0543 e. The standard InChI is InChI=1S/C12H19N3S/c1-15(9-10-5-3-4-6-14-10)11-7-13-8-12(11)16-2/h3-6,11-13H,7-9H2,1-2H3. The van der Waals surface area contributed by atoms with Gasteiger partial charge in [-0.1, -0.05) is 6.07 Å². The minimum atomic E-state index is 0.622. The molecule has 4 heteroatoms. The SMILES string of the molecule is CSC1CNCC1N(C)Cc1ccccn1. The predicted molar refractivity (Wildman–Crippen MR) is 69.7 cm³/mol. The van der Waals surface area contributed by atoms with E-state index in [-0.39, 0.29) is 0 Å². The van der Waals surface area contributed by atoms with Crippen molar-refractivity contribution in [3.8, 4) is 0 Å². The summed E-state index contributed by atoms with van der Waals surface area (Å²) in [7, 11) is 2.19. The molecule has 2 unspecified atom stereocenters. The highest BCUT2D eigenvalue weighted by Crippen LogP contribution is 2.20. The normalized spacial score (nSPS) is 25.2. The lowest BCUT2D eigenvalue weighted by Crippen LogP contribution is -2.38. The zero-order valence-corrected chi connectivity index (χ0v) is 10.7. The van der Waals surface area contributed by atoms with Crippen LogP contribution in [0.5, 0.6) is 0 Å². The molecule has 0 aliphatic carbocycles. The highest BCUT2D eigenvalue weighted by atomic mass is 32.2. The van der Waals surface area contributed by atoms with Crippen LogP contribution < -0.4 is 5.32 Å². The number of nitrogens with zero attached hydrogens (tertiary/aromatic N) is 2. The Morgan fingerprint density at radius 1 is 1.50 bits per heavy atom. The fourth-order valence-corrected chi connectivity index (χ4v) is 3.09. The van der Waals surface area contributed by atoms with E-state index in [0.717, 1.165) is 25.3 Å². The molecule has 2 rings (SSSR count). The maximum atomic E-state index is 4.37. The lowest BCUT2D eigenvalue weighted by atomic mass is 10.2. The first kappa shape index (κ1) is 11.9. The van der Waals surface area contributed by atoms with Gasteiger partial charge in [0, 0.05) is 37.1 Å². The van der Waals surface area contributed by atoms with Crippen LogP contribution in [0.3, 0.4) is 0 Å². The molecule has 0 saturated carbocycles. The van der Waals surface area contributed by atoms with Crippen molar-refractivity contribution in [2.24, 2.45) is 0 Å². The van der Waals surface area contributed by atoms with Crippen molar-refractivity contribution in [1.82, 2.24) is 15.2 Å². The van der Waals surface area contributed by atoms with Gasteiger partial charge in [-0.05, 0) is 25.4 Å². The quantitative estimate of drug-likeness (QED) is 0.852. The number of hydrogen-bond donors (Lipinski definition) is 1. The third-order valence-corrected chi connectivity index (χ3v) is 4.22. The van der Waals surface area contributed by atoms with Crippen molar-refractivity contribution in [3.05, 3.63) is 30.1 Å². The van der Waals surface area contributed by atoms with Gasteiger partial charge in [0.25, 0.3) is 0 Å². The van der Waals surface area contributed by atoms with Crippen molar-refractivity contribution < 1.29 is 0 Å². The Morgan fingerprint density at radius 2 is 2.38 bits per heavy atom. The van der Waals surface area contributed by atoms with E-state index in [1.54, 1.807) is 0 Å². The molecule has 1 aromatic heterocycles. The van der Waals surface area contributed by atoms with Crippen LogP contribution in [0.15, 0.2) is 24.4 Å². The Labute approximate surface area is 102 Å². The molecule has 1 aromatic rings. The highest BCUT2D eigenvalue weighted by Gasteiger charge is 2.29. The van der Waals surface area contributed by atoms with E-state index in [1.807, 2.05) is 24.0 Å². The second-order valence-electron chi connectivity index (χ2n) is 4.24. The van der Waals surface area contributed by atoms with Gasteiger partial charge in [0.05, 0.1) is 5.69 Å². The summed E-state index contributed by atoms with van der Waals surface area (Å²) in [6.07, 6.45) is 4.06. The molecule has 1 aliphatic rings. The first-order valence-corrected chi connectivity index (χ1v) is 6.93. The van der Waals surface area contributed by atoms with Crippen LogP contribution in [0.1, 0.15) is 5.69 Å².